The lowest BCUT2D eigenvalue weighted by Gasteiger charge is -2.22. The second kappa shape index (κ2) is 11.5. The molecule has 0 atom stereocenters. The minimum atomic E-state index is -0.114. The molecular formula is C50H31N5S. The first-order chi connectivity index (χ1) is 27.5. The summed E-state index contributed by atoms with van der Waals surface area (Å²) < 4.78 is 3.66. The van der Waals surface area contributed by atoms with Crippen molar-refractivity contribution in [2.24, 2.45) is 0 Å². The maximum atomic E-state index is 5.03. The van der Waals surface area contributed by atoms with Crippen LogP contribution in [0.3, 0.4) is 0 Å². The lowest BCUT2D eigenvalue weighted by molar-refractivity contribution is 0.661. The van der Waals surface area contributed by atoms with Gasteiger partial charge in [-0.15, -0.1) is 11.3 Å². The van der Waals surface area contributed by atoms with Gasteiger partial charge >= 0.3 is 0 Å². The zero-order chi connectivity index (χ0) is 37.1. The fourth-order valence-electron chi connectivity index (χ4n) is 8.87. The Morgan fingerprint density at radius 2 is 1.25 bits per heavy atom. The lowest BCUT2D eigenvalue weighted by Crippen LogP contribution is -2.16. The Bertz CT molecular complexity index is 3370. The molecule has 0 bridgehead atoms. The van der Waals surface area contributed by atoms with Crippen molar-refractivity contribution in [1.82, 2.24) is 24.5 Å². The highest BCUT2D eigenvalue weighted by Crippen LogP contribution is 2.52. The summed E-state index contributed by atoms with van der Waals surface area (Å²) in [6, 6.07) is 51.4. The van der Waals surface area contributed by atoms with E-state index >= 15 is 0 Å². The van der Waals surface area contributed by atoms with Crippen LogP contribution >= 0.6 is 11.3 Å². The molecule has 262 valence electrons. The molecule has 0 radical (unpaired) electrons. The Balaban J connectivity index is 1.01. The summed E-state index contributed by atoms with van der Waals surface area (Å²) >= 11 is 1.74. The van der Waals surface area contributed by atoms with Gasteiger partial charge in [0.05, 0.1) is 32.0 Å². The summed E-state index contributed by atoms with van der Waals surface area (Å²) in [5.74, 6) is 1.93. The van der Waals surface area contributed by atoms with Gasteiger partial charge in [0, 0.05) is 49.3 Å². The Morgan fingerprint density at radius 1 is 0.554 bits per heavy atom. The van der Waals surface area contributed by atoms with Crippen LogP contribution in [-0.4, -0.2) is 24.5 Å². The maximum Gasteiger partial charge on any atom is 0.164 e. The third-order valence-electron chi connectivity index (χ3n) is 11.7. The van der Waals surface area contributed by atoms with E-state index in [0.29, 0.717) is 17.5 Å². The largest absolute Gasteiger partial charge is 0.308 e. The fourth-order valence-corrected chi connectivity index (χ4v) is 9.72. The smallest absolute Gasteiger partial charge is 0.164 e. The van der Waals surface area contributed by atoms with Crippen LogP contribution in [0.5, 0.6) is 0 Å². The van der Waals surface area contributed by atoms with Gasteiger partial charge in [-0.25, -0.2) is 19.9 Å². The van der Waals surface area contributed by atoms with Crippen LogP contribution < -0.4 is 10.4 Å². The van der Waals surface area contributed by atoms with Gasteiger partial charge in [0.15, 0.2) is 17.5 Å². The van der Waals surface area contributed by atoms with Crippen LogP contribution in [0, 0.1) is 0 Å². The van der Waals surface area contributed by atoms with Gasteiger partial charge in [-0.05, 0) is 64.2 Å². The first-order valence-corrected chi connectivity index (χ1v) is 19.8. The van der Waals surface area contributed by atoms with Crippen LogP contribution in [0.4, 0.5) is 0 Å². The molecule has 7 aromatic carbocycles. The molecule has 0 saturated carbocycles. The monoisotopic (exact) mass is 733 g/mol. The molecule has 3 heterocycles. The minimum Gasteiger partial charge on any atom is -0.308 e. The molecule has 0 aliphatic heterocycles. The molecular weight excluding hydrogens is 703 g/mol. The SMILES string of the molecule is CC1(C)c2cc(-c3cc4c5ccccc5n(-c5cccc(-c6nc(-c7ccccc7)nc(-c7ccccc7)n6)c5)c4c4c3=C=4)ccc2-c2c1ccc1ncsc21. The van der Waals surface area contributed by atoms with Crippen molar-refractivity contribution in [3.8, 4) is 62.1 Å². The molecule has 3 aromatic heterocycles. The first-order valence-electron chi connectivity index (χ1n) is 18.9. The summed E-state index contributed by atoms with van der Waals surface area (Å²) in [6.07, 6.45) is 0. The van der Waals surface area contributed by atoms with Crippen molar-refractivity contribution in [2.75, 3.05) is 0 Å². The average Bonchev–Trinajstić information content (AvgIpc) is 3.68. The van der Waals surface area contributed by atoms with Gasteiger partial charge < -0.3 is 4.57 Å². The predicted molar refractivity (Wildman–Crippen MR) is 228 cm³/mol. The normalized spacial score (nSPS) is 13.3. The van der Waals surface area contributed by atoms with E-state index in [0.717, 1.165) is 33.4 Å². The summed E-state index contributed by atoms with van der Waals surface area (Å²) in [6.45, 7) is 4.71. The van der Waals surface area contributed by atoms with Crippen molar-refractivity contribution in [2.45, 2.75) is 19.3 Å². The highest BCUT2D eigenvalue weighted by molar-refractivity contribution is 7.17. The predicted octanol–water partition coefficient (Wildman–Crippen LogP) is 10.6. The van der Waals surface area contributed by atoms with Crippen LogP contribution in [0.15, 0.2) is 151 Å². The van der Waals surface area contributed by atoms with Gasteiger partial charge in [0.1, 0.15) is 0 Å². The van der Waals surface area contributed by atoms with Gasteiger partial charge in [0.2, 0.25) is 0 Å². The molecule has 6 heteroatoms. The zero-order valence-corrected chi connectivity index (χ0v) is 31.4. The van der Waals surface area contributed by atoms with Crippen LogP contribution in [0.2, 0.25) is 0 Å². The quantitative estimate of drug-likeness (QED) is 0.177. The minimum absolute atomic E-state index is 0.114. The second-order valence-electron chi connectivity index (χ2n) is 15.2. The Labute approximate surface area is 326 Å². The standard InChI is InChI=1S/C50H31N5S/c1-50(2)40-22-23-42-46(56-28-51-42)44(40)35-21-20-31(25-41(35)50)36-26-38-34-18-9-10-19-43(34)55(45(38)39-27-37(36)39)33-17-11-16-32(24-33)49-53-47(29-12-5-3-6-13-29)52-48(54-49)30-14-7-4-8-15-30/h3-26,28H,1-2H3. The number of aromatic nitrogens is 5. The maximum absolute atomic E-state index is 5.03. The molecule has 2 aliphatic carbocycles. The number of fused-ring (bicyclic) bond motifs is 10. The number of para-hydroxylation sites is 1. The van der Waals surface area contributed by atoms with E-state index in [2.05, 4.69) is 114 Å². The number of hydrogen-bond acceptors (Lipinski definition) is 5. The average molecular weight is 734 g/mol. The highest BCUT2D eigenvalue weighted by Gasteiger charge is 2.37. The van der Waals surface area contributed by atoms with Crippen LogP contribution in [0.25, 0.3) is 99.9 Å². The molecule has 12 rings (SSSR count). The fraction of sp³-hybridized carbons (Fsp3) is 0.0600. The summed E-state index contributed by atoms with van der Waals surface area (Å²) in [4.78, 5) is 19.6. The summed E-state index contributed by atoms with van der Waals surface area (Å²) in [5.41, 5.74) is 20.7. The van der Waals surface area contributed by atoms with Gasteiger partial charge in [-0.3, -0.25) is 0 Å². The number of hydrogen-bond donors (Lipinski definition) is 0. The van der Waals surface area contributed by atoms with E-state index in [1.807, 2.05) is 66.2 Å². The number of benzene rings is 7. The van der Waals surface area contributed by atoms with Gasteiger partial charge in [-0.2, -0.15) is 0 Å². The Kier molecular flexibility index (Phi) is 6.45. The van der Waals surface area contributed by atoms with E-state index < -0.39 is 0 Å². The van der Waals surface area contributed by atoms with Crippen molar-refractivity contribution in [3.05, 3.63) is 173 Å². The molecule has 0 saturated heterocycles. The topological polar surface area (TPSA) is 56.5 Å². The molecule has 0 unspecified atom stereocenters. The zero-order valence-electron chi connectivity index (χ0n) is 30.6. The lowest BCUT2D eigenvalue weighted by atomic mass is 9.81. The molecule has 0 spiro atoms. The van der Waals surface area contributed by atoms with Crippen molar-refractivity contribution in [1.29, 1.82) is 0 Å². The molecule has 5 nitrogen and oxygen atoms in total. The Hall–Kier alpha value is -6.98. The highest BCUT2D eigenvalue weighted by atomic mass is 32.1. The second-order valence-corrected chi connectivity index (χ2v) is 16.1. The van der Waals surface area contributed by atoms with Crippen LogP contribution in [0.1, 0.15) is 25.0 Å². The molecule has 56 heavy (non-hydrogen) atoms. The molecule has 0 fully saturated rings. The molecule has 10 aromatic rings. The number of rotatable bonds is 5. The molecule has 0 amide bonds. The van der Waals surface area contributed by atoms with E-state index in [1.54, 1.807) is 11.3 Å². The van der Waals surface area contributed by atoms with Crippen molar-refractivity contribution >= 4 is 49.1 Å². The Morgan fingerprint density at radius 3 is 2.02 bits per heavy atom. The first kappa shape index (κ1) is 31.4. The summed E-state index contributed by atoms with van der Waals surface area (Å²) in [5, 5.41) is 4.79. The van der Waals surface area contributed by atoms with Crippen LogP contribution in [-0.2, 0) is 5.41 Å². The van der Waals surface area contributed by atoms with E-state index in [1.165, 1.54) is 64.8 Å². The van der Waals surface area contributed by atoms with E-state index in [9.17, 15) is 0 Å². The number of nitrogens with zero attached hydrogens (tertiary/aromatic N) is 5. The third-order valence-corrected chi connectivity index (χ3v) is 12.5. The van der Waals surface area contributed by atoms with Gasteiger partial charge in [0.25, 0.3) is 0 Å². The van der Waals surface area contributed by atoms with E-state index in [4.69, 9.17) is 15.0 Å². The van der Waals surface area contributed by atoms with Crippen molar-refractivity contribution in [3.63, 3.8) is 0 Å². The molecule has 2 aliphatic rings. The molecule has 0 N–H and O–H groups in total. The van der Waals surface area contributed by atoms with E-state index in [-0.39, 0.29) is 5.41 Å². The number of thiazole rings is 1. The summed E-state index contributed by atoms with van der Waals surface area (Å²) in [7, 11) is 0. The third kappa shape index (κ3) is 4.55. The van der Waals surface area contributed by atoms with Crippen molar-refractivity contribution < 1.29 is 0 Å². The van der Waals surface area contributed by atoms with Gasteiger partial charge in [-0.1, -0.05) is 129 Å².